The summed E-state index contributed by atoms with van der Waals surface area (Å²) in [6.45, 7) is 1.80. The number of amides is 1. The van der Waals surface area contributed by atoms with Gasteiger partial charge in [0.05, 0.1) is 20.8 Å². The fourth-order valence-corrected chi connectivity index (χ4v) is 1.67. The van der Waals surface area contributed by atoms with Gasteiger partial charge in [0.25, 0.3) is 0 Å². The highest BCUT2D eigenvalue weighted by Gasteiger charge is 2.14. The Bertz CT molecular complexity index is 449. The maximum Gasteiger partial charge on any atom is 0.239 e. The van der Waals surface area contributed by atoms with Gasteiger partial charge < -0.3 is 25.6 Å². The minimum atomic E-state index is -0.912. The minimum Gasteiger partial charge on any atom is -0.497 e. The summed E-state index contributed by atoms with van der Waals surface area (Å²) in [5.74, 6) is 0.922. The van der Waals surface area contributed by atoms with Crippen LogP contribution in [0.1, 0.15) is 11.1 Å². The lowest BCUT2D eigenvalue weighted by atomic mass is 10.1. The van der Waals surface area contributed by atoms with Crippen molar-refractivity contribution in [3.05, 3.63) is 23.3 Å². The van der Waals surface area contributed by atoms with Gasteiger partial charge in [0.2, 0.25) is 5.91 Å². The SMILES string of the molecule is COc1cc(C)c(CNC(=O)C(N)CO)c(OC)c1. The second-order valence-corrected chi connectivity index (χ2v) is 4.13. The normalized spacial score (nSPS) is 11.8. The molecular formula is C13H20N2O4. The average Bonchev–Trinajstić information content (AvgIpc) is 2.43. The molecule has 0 spiro atoms. The highest BCUT2D eigenvalue weighted by Crippen LogP contribution is 2.28. The van der Waals surface area contributed by atoms with Gasteiger partial charge in [-0.2, -0.15) is 0 Å². The molecule has 0 bridgehead atoms. The van der Waals surface area contributed by atoms with Crippen LogP contribution in [0.15, 0.2) is 12.1 Å². The Labute approximate surface area is 112 Å². The number of nitrogens with one attached hydrogen (secondary N) is 1. The van der Waals surface area contributed by atoms with Gasteiger partial charge in [0, 0.05) is 18.2 Å². The van der Waals surface area contributed by atoms with Crippen molar-refractivity contribution in [1.82, 2.24) is 5.32 Å². The first-order chi connectivity index (χ1) is 9.03. The number of aliphatic hydroxyl groups excluding tert-OH is 1. The molecule has 106 valence electrons. The van der Waals surface area contributed by atoms with Crippen molar-refractivity contribution in [2.75, 3.05) is 20.8 Å². The maximum atomic E-state index is 11.5. The van der Waals surface area contributed by atoms with Crippen molar-refractivity contribution in [1.29, 1.82) is 0 Å². The molecule has 0 aromatic heterocycles. The lowest BCUT2D eigenvalue weighted by Crippen LogP contribution is -2.42. The summed E-state index contributed by atoms with van der Waals surface area (Å²) in [4.78, 5) is 11.5. The smallest absolute Gasteiger partial charge is 0.239 e. The van der Waals surface area contributed by atoms with E-state index in [4.69, 9.17) is 20.3 Å². The third kappa shape index (κ3) is 3.84. The molecule has 4 N–H and O–H groups in total. The molecule has 0 fully saturated rings. The van der Waals surface area contributed by atoms with Gasteiger partial charge in [-0.05, 0) is 18.6 Å². The number of nitrogens with two attached hydrogens (primary N) is 1. The van der Waals surface area contributed by atoms with Crippen LogP contribution in [0.2, 0.25) is 0 Å². The quantitative estimate of drug-likeness (QED) is 0.672. The summed E-state index contributed by atoms with van der Waals surface area (Å²) in [6, 6.07) is 2.70. The van der Waals surface area contributed by atoms with E-state index in [1.165, 1.54) is 0 Å². The molecule has 1 amide bonds. The van der Waals surface area contributed by atoms with E-state index in [2.05, 4.69) is 5.32 Å². The number of hydrogen-bond acceptors (Lipinski definition) is 5. The van der Waals surface area contributed by atoms with Gasteiger partial charge in [0.15, 0.2) is 0 Å². The Hall–Kier alpha value is -1.79. The number of methoxy groups -OCH3 is 2. The van der Waals surface area contributed by atoms with Gasteiger partial charge >= 0.3 is 0 Å². The van der Waals surface area contributed by atoms with Crippen LogP contribution in [-0.4, -0.2) is 37.9 Å². The number of rotatable bonds is 6. The lowest BCUT2D eigenvalue weighted by molar-refractivity contribution is -0.123. The molecule has 1 unspecified atom stereocenters. The Morgan fingerprint density at radius 3 is 2.63 bits per heavy atom. The maximum absolute atomic E-state index is 11.5. The van der Waals surface area contributed by atoms with Crippen molar-refractivity contribution in [3.8, 4) is 11.5 Å². The van der Waals surface area contributed by atoms with Crippen LogP contribution in [0, 0.1) is 6.92 Å². The van der Waals surface area contributed by atoms with Crippen LogP contribution in [0.4, 0.5) is 0 Å². The van der Waals surface area contributed by atoms with Gasteiger partial charge in [0.1, 0.15) is 17.5 Å². The first-order valence-electron chi connectivity index (χ1n) is 5.89. The highest BCUT2D eigenvalue weighted by atomic mass is 16.5. The van der Waals surface area contributed by atoms with E-state index in [1.807, 2.05) is 13.0 Å². The molecule has 6 heteroatoms. The molecule has 0 saturated heterocycles. The third-order valence-electron chi connectivity index (χ3n) is 2.83. The average molecular weight is 268 g/mol. The fraction of sp³-hybridized carbons (Fsp3) is 0.462. The molecule has 0 radical (unpaired) electrons. The summed E-state index contributed by atoms with van der Waals surface area (Å²) < 4.78 is 10.4. The van der Waals surface area contributed by atoms with E-state index >= 15 is 0 Å². The van der Waals surface area contributed by atoms with Crippen molar-refractivity contribution < 1.29 is 19.4 Å². The highest BCUT2D eigenvalue weighted by molar-refractivity contribution is 5.81. The molecule has 0 aliphatic rings. The van der Waals surface area contributed by atoms with E-state index in [-0.39, 0.29) is 13.2 Å². The largest absolute Gasteiger partial charge is 0.497 e. The molecule has 0 heterocycles. The fourth-order valence-electron chi connectivity index (χ4n) is 1.67. The summed E-state index contributed by atoms with van der Waals surface area (Å²) in [7, 11) is 3.13. The van der Waals surface area contributed by atoms with E-state index in [0.29, 0.717) is 11.5 Å². The first kappa shape index (κ1) is 15.3. The van der Waals surface area contributed by atoms with Gasteiger partial charge in [-0.1, -0.05) is 0 Å². The van der Waals surface area contributed by atoms with Crippen molar-refractivity contribution in [3.63, 3.8) is 0 Å². The van der Waals surface area contributed by atoms with E-state index in [1.54, 1.807) is 20.3 Å². The zero-order valence-electron chi connectivity index (χ0n) is 11.4. The number of carbonyl (C=O) groups is 1. The Balaban J connectivity index is 2.86. The predicted octanol–water partition coefficient (Wildman–Crippen LogP) is -0.0520. The number of aryl methyl sites for hydroxylation is 1. The summed E-state index contributed by atoms with van der Waals surface area (Å²) in [6.07, 6.45) is 0. The Kier molecular flexibility index (Phi) is 5.59. The summed E-state index contributed by atoms with van der Waals surface area (Å²) in [5, 5.41) is 11.5. The van der Waals surface area contributed by atoms with Gasteiger partial charge in [-0.25, -0.2) is 0 Å². The molecule has 1 atom stereocenters. The molecule has 1 aromatic carbocycles. The van der Waals surface area contributed by atoms with Crippen LogP contribution < -0.4 is 20.5 Å². The number of carbonyl (C=O) groups excluding carboxylic acids is 1. The Morgan fingerprint density at radius 1 is 1.42 bits per heavy atom. The van der Waals surface area contributed by atoms with Gasteiger partial charge in [-0.15, -0.1) is 0 Å². The lowest BCUT2D eigenvalue weighted by Gasteiger charge is -2.15. The summed E-state index contributed by atoms with van der Waals surface area (Å²) in [5.41, 5.74) is 7.21. The molecule has 0 saturated carbocycles. The number of benzene rings is 1. The number of hydrogen-bond donors (Lipinski definition) is 3. The minimum absolute atomic E-state index is 0.283. The van der Waals surface area contributed by atoms with E-state index < -0.39 is 11.9 Å². The molecule has 1 rings (SSSR count). The second kappa shape index (κ2) is 6.96. The first-order valence-corrected chi connectivity index (χ1v) is 5.89. The molecule has 6 nitrogen and oxygen atoms in total. The molecule has 0 aliphatic carbocycles. The van der Waals surface area contributed by atoms with Crippen LogP contribution in [-0.2, 0) is 11.3 Å². The number of aliphatic hydroxyl groups is 1. The molecule has 0 aliphatic heterocycles. The standard InChI is InChI=1S/C13H20N2O4/c1-8-4-9(18-2)5-12(19-3)10(8)6-15-13(17)11(14)7-16/h4-5,11,16H,6-7,14H2,1-3H3,(H,15,17). The van der Waals surface area contributed by atoms with Crippen molar-refractivity contribution >= 4 is 5.91 Å². The third-order valence-corrected chi connectivity index (χ3v) is 2.83. The zero-order valence-corrected chi connectivity index (χ0v) is 11.4. The van der Waals surface area contributed by atoms with Crippen LogP contribution >= 0.6 is 0 Å². The van der Waals surface area contributed by atoms with Crippen molar-refractivity contribution in [2.24, 2.45) is 5.73 Å². The van der Waals surface area contributed by atoms with Crippen LogP contribution in [0.25, 0.3) is 0 Å². The molecule has 19 heavy (non-hydrogen) atoms. The zero-order chi connectivity index (χ0) is 14.4. The molecular weight excluding hydrogens is 248 g/mol. The Morgan fingerprint density at radius 2 is 2.11 bits per heavy atom. The second-order valence-electron chi connectivity index (χ2n) is 4.13. The number of ether oxygens (including phenoxy) is 2. The topological polar surface area (TPSA) is 93.8 Å². The monoisotopic (exact) mass is 268 g/mol. The van der Waals surface area contributed by atoms with Crippen LogP contribution in [0.3, 0.4) is 0 Å². The molecule has 1 aromatic rings. The van der Waals surface area contributed by atoms with Crippen LogP contribution in [0.5, 0.6) is 11.5 Å². The summed E-state index contributed by atoms with van der Waals surface area (Å²) >= 11 is 0. The van der Waals surface area contributed by atoms with Gasteiger partial charge in [-0.3, -0.25) is 4.79 Å². The van der Waals surface area contributed by atoms with E-state index in [9.17, 15) is 4.79 Å². The van der Waals surface area contributed by atoms with Crippen molar-refractivity contribution in [2.45, 2.75) is 19.5 Å². The predicted molar refractivity (Wildman–Crippen MR) is 71.2 cm³/mol. The van der Waals surface area contributed by atoms with E-state index in [0.717, 1.165) is 11.1 Å².